The molecule has 0 bridgehead atoms. The van der Waals surface area contributed by atoms with Crippen LogP contribution in [0.25, 0.3) is 0 Å². The number of benzene rings is 3. The smallest absolute Gasteiger partial charge is 0.0624 e. The van der Waals surface area contributed by atoms with E-state index in [0.717, 1.165) is 0 Å². The van der Waals surface area contributed by atoms with Gasteiger partial charge in [0.15, 0.2) is 8.07 Å². The Labute approximate surface area is 165 Å². The van der Waals surface area contributed by atoms with Gasteiger partial charge in [0.1, 0.15) is 0 Å². The lowest BCUT2D eigenvalue weighted by atomic mass is 9.82. The lowest BCUT2D eigenvalue weighted by molar-refractivity contribution is 0.290. The van der Waals surface area contributed by atoms with Gasteiger partial charge in [-0.25, -0.2) is 0 Å². The number of hydrogen-bond donors (Lipinski definition) is 0. The Bertz CT molecular complexity index is 787. The molecule has 1 atom stereocenters. The van der Waals surface area contributed by atoms with E-state index in [1.807, 2.05) is 0 Å². The molecule has 0 heterocycles. The second-order valence-electron chi connectivity index (χ2n) is 8.92. The van der Waals surface area contributed by atoms with Crippen LogP contribution < -0.4 is 15.6 Å². The van der Waals surface area contributed by atoms with E-state index in [-0.39, 0.29) is 5.04 Å². The van der Waals surface area contributed by atoms with Gasteiger partial charge in [-0.1, -0.05) is 118 Å². The van der Waals surface area contributed by atoms with E-state index in [4.69, 9.17) is 0 Å². The predicted molar refractivity (Wildman–Crippen MR) is 120 cm³/mol. The van der Waals surface area contributed by atoms with E-state index in [2.05, 4.69) is 112 Å². The van der Waals surface area contributed by atoms with Crippen LogP contribution in [-0.2, 0) is 0 Å². The summed E-state index contributed by atoms with van der Waals surface area (Å²) >= 11 is 0. The Kier molecular flexibility index (Phi) is 4.59. The zero-order valence-electron chi connectivity index (χ0n) is 16.8. The average Bonchev–Trinajstić information content (AvgIpc) is 2.98. The fourth-order valence-electron chi connectivity index (χ4n) is 5.71. The molecule has 1 aliphatic carbocycles. The van der Waals surface area contributed by atoms with Crippen molar-refractivity contribution >= 4 is 23.6 Å². The highest BCUT2D eigenvalue weighted by atomic mass is 28.3. The van der Waals surface area contributed by atoms with E-state index in [1.54, 1.807) is 15.6 Å². The third-order valence-corrected chi connectivity index (χ3v) is 13.6. The van der Waals surface area contributed by atoms with Gasteiger partial charge in [0, 0.05) is 0 Å². The van der Waals surface area contributed by atoms with Gasteiger partial charge in [-0.05, 0) is 38.9 Å². The van der Waals surface area contributed by atoms with E-state index >= 15 is 0 Å². The molecule has 0 amide bonds. The van der Waals surface area contributed by atoms with Crippen molar-refractivity contribution in [2.24, 2.45) is 5.41 Å². The average molecular weight is 371 g/mol. The van der Waals surface area contributed by atoms with Gasteiger partial charge in [0.2, 0.25) is 0 Å². The van der Waals surface area contributed by atoms with Crippen molar-refractivity contribution in [3.63, 3.8) is 0 Å². The van der Waals surface area contributed by atoms with Gasteiger partial charge in [-0.3, -0.25) is 0 Å². The lowest BCUT2D eigenvalue weighted by Gasteiger charge is -2.53. The first-order chi connectivity index (χ1) is 13.0. The van der Waals surface area contributed by atoms with Gasteiger partial charge in [-0.2, -0.15) is 0 Å². The Hall–Kier alpha value is -2.12. The van der Waals surface area contributed by atoms with Crippen LogP contribution in [0.2, 0.25) is 5.04 Å². The third-order valence-electron chi connectivity index (χ3n) is 7.42. The molecular weight excluding hydrogens is 340 g/mol. The summed E-state index contributed by atoms with van der Waals surface area (Å²) in [6.07, 6.45) is 3.93. The maximum Gasteiger partial charge on any atom is 0.154 e. The van der Waals surface area contributed by atoms with Crippen molar-refractivity contribution < 1.29 is 0 Å². The number of rotatable bonds is 4. The Morgan fingerprint density at radius 2 is 0.926 bits per heavy atom. The molecule has 1 heteroatoms. The molecule has 0 spiro atoms. The normalized spacial score (nSPS) is 21.9. The van der Waals surface area contributed by atoms with Crippen LogP contribution in [0.3, 0.4) is 0 Å². The van der Waals surface area contributed by atoms with Gasteiger partial charge < -0.3 is 0 Å². The van der Waals surface area contributed by atoms with Crippen molar-refractivity contribution in [3.05, 3.63) is 91.0 Å². The van der Waals surface area contributed by atoms with E-state index in [1.165, 1.54) is 19.3 Å². The van der Waals surface area contributed by atoms with Crippen LogP contribution in [0, 0.1) is 5.41 Å². The van der Waals surface area contributed by atoms with Gasteiger partial charge in [0.25, 0.3) is 0 Å². The van der Waals surface area contributed by atoms with Crippen LogP contribution >= 0.6 is 0 Å². The highest BCUT2D eigenvalue weighted by Crippen LogP contribution is 2.62. The van der Waals surface area contributed by atoms with Crippen LogP contribution in [0.5, 0.6) is 0 Å². The highest BCUT2D eigenvalue weighted by molar-refractivity contribution is 7.13. The van der Waals surface area contributed by atoms with Crippen molar-refractivity contribution in [3.8, 4) is 0 Å². The number of hydrogen-bond acceptors (Lipinski definition) is 0. The van der Waals surface area contributed by atoms with E-state index in [9.17, 15) is 0 Å². The summed E-state index contributed by atoms with van der Waals surface area (Å²) in [4.78, 5) is 0. The van der Waals surface area contributed by atoms with Crippen LogP contribution in [0.4, 0.5) is 0 Å². The molecule has 0 N–H and O–H groups in total. The Morgan fingerprint density at radius 3 is 1.22 bits per heavy atom. The summed E-state index contributed by atoms with van der Waals surface area (Å²) in [6, 6.07) is 34.2. The zero-order valence-corrected chi connectivity index (χ0v) is 17.8. The van der Waals surface area contributed by atoms with Gasteiger partial charge in [0.05, 0.1) is 0 Å². The van der Waals surface area contributed by atoms with Gasteiger partial charge >= 0.3 is 0 Å². The molecule has 0 saturated heterocycles. The molecule has 0 nitrogen and oxygen atoms in total. The molecule has 138 valence electrons. The first-order valence-electron chi connectivity index (χ1n) is 10.2. The summed E-state index contributed by atoms with van der Waals surface area (Å²) in [6.45, 7) is 7.62. The fraction of sp³-hybridized carbons (Fsp3) is 0.308. The molecule has 1 saturated carbocycles. The summed E-state index contributed by atoms with van der Waals surface area (Å²) in [5.41, 5.74) is 0.306. The summed E-state index contributed by atoms with van der Waals surface area (Å²) in [5.74, 6) is 0. The Morgan fingerprint density at radius 1 is 0.556 bits per heavy atom. The molecule has 0 aliphatic heterocycles. The minimum absolute atomic E-state index is 0.254. The topological polar surface area (TPSA) is 0 Å². The molecule has 3 aromatic carbocycles. The third kappa shape index (κ3) is 2.63. The molecule has 3 aromatic rings. The fourth-order valence-corrected chi connectivity index (χ4v) is 12.4. The summed E-state index contributed by atoms with van der Waals surface area (Å²) in [5, 5.41) is 4.88. The van der Waals surface area contributed by atoms with E-state index in [0.29, 0.717) is 5.41 Å². The van der Waals surface area contributed by atoms with Crippen LogP contribution in [-0.4, -0.2) is 8.07 Å². The van der Waals surface area contributed by atoms with Crippen LogP contribution in [0.1, 0.15) is 40.0 Å². The van der Waals surface area contributed by atoms with E-state index < -0.39 is 8.07 Å². The van der Waals surface area contributed by atoms with Crippen LogP contribution in [0.15, 0.2) is 91.0 Å². The maximum absolute atomic E-state index is 2.60. The molecule has 1 aliphatic rings. The summed E-state index contributed by atoms with van der Waals surface area (Å²) < 4.78 is 0. The standard InChI is InChI=1S/C26H30Si/c1-25(2)20-13-21-26(25,3)27(22-14-7-4-8-15-22,23-16-9-5-10-17-23)24-18-11-6-12-19-24/h4-12,14-19H,13,20-21H2,1-3H3. The monoisotopic (exact) mass is 370 g/mol. The van der Waals surface area contributed by atoms with Crippen molar-refractivity contribution in [1.29, 1.82) is 0 Å². The lowest BCUT2D eigenvalue weighted by Crippen LogP contribution is -2.75. The second-order valence-corrected chi connectivity index (χ2v) is 13.3. The minimum Gasteiger partial charge on any atom is -0.0624 e. The highest BCUT2D eigenvalue weighted by Gasteiger charge is 2.61. The zero-order chi connectivity index (χ0) is 19.0. The second kappa shape index (κ2) is 6.80. The summed E-state index contributed by atoms with van der Waals surface area (Å²) in [7, 11) is -2.25. The largest absolute Gasteiger partial charge is 0.154 e. The minimum atomic E-state index is -2.25. The Balaban J connectivity index is 2.14. The van der Waals surface area contributed by atoms with Gasteiger partial charge in [-0.15, -0.1) is 0 Å². The van der Waals surface area contributed by atoms with Crippen molar-refractivity contribution in [2.75, 3.05) is 0 Å². The van der Waals surface area contributed by atoms with Crippen molar-refractivity contribution in [2.45, 2.75) is 45.1 Å². The SMILES string of the molecule is CC1(C)CCCC1(C)[Si](c1ccccc1)(c1ccccc1)c1ccccc1. The quantitative estimate of drug-likeness (QED) is 0.441. The molecule has 4 rings (SSSR count). The first-order valence-corrected chi connectivity index (χ1v) is 12.2. The van der Waals surface area contributed by atoms with Crippen molar-refractivity contribution in [1.82, 2.24) is 0 Å². The first kappa shape index (κ1) is 18.2. The predicted octanol–water partition coefficient (Wildman–Crippen LogP) is 5.13. The molecule has 0 aromatic heterocycles. The molecule has 1 unspecified atom stereocenters. The molecular formula is C26H30Si. The maximum atomic E-state index is 2.60. The molecule has 0 radical (unpaired) electrons. The molecule has 27 heavy (non-hydrogen) atoms. The molecule has 1 fully saturated rings.